The number of aryl methyl sites for hydroxylation is 1. The first-order valence-corrected chi connectivity index (χ1v) is 4.78. The summed E-state index contributed by atoms with van der Waals surface area (Å²) in [7, 11) is 0. The van der Waals surface area contributed by atoms with Crippen LogP contribution in [0.1, 0.15) is 31.4 Å². The van der Waals surface area contributed by atoms with Gasteiger partial charge in [-0.15, -0.1) is 0 Å². The highest BCUT2D eigenvalue weighted by Crippen LogP contribution is 2.39. The molecule has 0 radical (unpaired) electrons. The number of hydrogen-bond acceptors (Lipinski definition) is 1. The number of hydrogen-bond donors (Lipinski definition) is 1. The Morgan fingerprint density at radius 3 is 2.77 bits per heavy atom. The lowest BCUT2D eigenvalue weighted by molar-refractivity contribution is 0.623. The molecule has 0 saturated heterocycles. The van der Waals surface area contributed by atoms with Crippen LogP contribution in [0.4, 0.5) is 0 Å². The first-order chi connectivity index (χ1) is 6.14. The van der Waals surface area contributed by atoms with Gasteiger partial charge in [0.25, 0.3) is 0 Å². The van der Waals surface area contributed by atoms with Crippen molar-refractivity contribution in [3.63, 3.8) is 0 Å². The highest BCUT2D eigenvalue weighted by molar-refractivity contribution is 5.91. The second-order valence-corrected chi connectivity index (χ2v) is 4.11. The fourth-order valence-corrected chi connectivity index (χ4v) is 2.19. The summed E-state index contributed by atoms with van der Waals surface area (Å²) in [6.45, 7) is 4.10. The van der Waals surface area contributed by atoms with Crippen LogP contribution in [0.25, 0.3) is 0 Å². The predicted molar refractivity (Wildman–Crippen MR) is 55.5 cm³/mol. The second-order valence-electron chi connectivity index (χ2n) is 4.11. The summed E-state index contributed by atoms with van der Waals surface area (Å²) in [5.74, 6) is 0. The Kier molecular flexibility index (Phi) is 1.76. The third-order valence-corrected chi connectivity index (χ3v) is 3.33. The molecule has 0 aromatic heterocycles. The van der Waals surface area contributed by atoms with Gasteiger partial charge in [0.05, 0.1) is 0 Å². The van der Waals surface area contributed by atoms with E-state index in [1.807, 2.05) is 6.92 Å². The molecule has 1 aliphatic rings. The molecule has 1 aromatic rings. The molecule has 0 saturated carbocycles. The smallest absolute Gasteiger partial charge is 0.0304 e. The Morgan fingerprint density at radius 2 is 2.08 bits per heavy atom. The normalized spacial score (nSPS) is 25.7. The molecule has 1 heteroatoms. The lowest BCUT2D eigenvalue weighted by atomic mass is 9.80. The van der Waals surface area contributed by atoms with Crippen molar-refractivity contribution >= 4 is 5.71 Å². The highest BCUT2D eigenvalue weighted by atomic mass is 14.5. The molecule has 68 valence electrons. The maximum absolute atomic E-state index is 7.82. The Balaban J connectivity index is 2.55. The van der Waals surface area contributed by atoms with Crippen molar-refractivity contribution < 1.29 is 0 Å². The Bertz CT molecular complexity index is 354. The fraction of sp³-hybridized carbons (Fsp3) is 0.417. The molecule has 2 rings (SSSR count). The predicted octanol–water partition coefficient (Wildman–Crippen LogP) is 2.93. The molecule has 0 heterocycles. The zero-order valence-corrected chi connectivity index (χ0v) is 8.22. The third-order valence-electron chi connectivity index (χ3n) is 3.33. The maximum atomic E-state index is 7.82. The second kappa shape index (κ2) is 2.69. The van der Waals surface area contributed by atoms with Crippen LogP contribution in [0.15, 0.2) is 24.3 Å². The molecule has 0 unspecified atom stereocenters. The monoisotopic (exact) mass is 173 g/mol. The van der Waals surface area contributed by atoms with Gasteiger partial charge in [0.2, 0.25) is 0 Å². The maximum Gasteiger partial charge on any atom is 0.0304 e. The summed E-state index contributed by atoms with van der Waals surface area (Å²) in [4.78, 5) is 0. The van der Waals surface area contributed by atoms with E-state index in [1.165, 1.54) is 11.1 Å². The van der Waals surface area contributed by atoms with Crippen molar-refractivity contribution in [3.8, 4) is 0 Å². The molecule has 0 fully saturated rings. The van der Waals surface area contributed by atoms with Crippen LogP contribution in [0.5, 0.6) is 0 Å². The van der Waals surface area contributed by atoms with E-state index in [0.717, 1.165) is 18.6 Å². The molecule has 0 bridgehead atoms. The van der Waals surface area contributed by atoms with Crippen LogP contribution in [0, 0.1) is 5.41 Å². The van der Waals surface area contributed by atoms with E-state index in [1.54, 1.807) is 0 Å². The van der Waals surface area contributed by atoms with Crippen LogP contribution in [-0.4, -0.2) is 5.71 Å². The molecule has 1 aliphatic carbocycles. The van der Waals surface area contributed by atoms with Crippen molar-refractivity contribution in [2.75, 3.05) is 0 Å². The number of rotatable bonds is 1. The number of nitrogens with one attached hydrogen (secondary N) is 1. The summed E-state index contributed by atoms with van der Waals surface area (Å²) >= 11 is 0. The molecule has 13 heavy (non-hydrogen) atoms. The quantitative estimate of drug-likeness (QED) is 0.631. The topological polar surface area (TPSA) is 23.9 Å². The first kappa shape index (κ1) is 8.49. The van der Waals surface area contributed by atoms with Gasteiger partial charge in [-0.3, -0.25) is 0 Å². The summed E-state index contributed by atoms with van der Waals surface area (Å²) in [6.07, 6.45) is 2.23. The van der Waals surface area contributed by atoms with Crippen LogP contribution in [-0.2, 0) is 11.8 Å². The molecule has 0 amide bonds. The Hall–Kier alpha value is -1.11. The lowest BCUT2D eigenvalue weighted by Gasteiger charge is -2.24. The summed E-state index contributed by atoms with van der Waals surface area (Å²) in [6, 6.07) is 8.51. The lowest BCUT2D eigenvalue weighted by Crippen LogP contribution is -2.26. The van der Waals surface area contributed by atoms with E-state index in [0.29, 0.717) is 0 Å². The van der Waals surface area contributed by atoms with Gasteiger partial charge >= 0.3 is 0 Å². The van der Waals surface area contributed by atoms with E-state index >= 15 is 0 Å². The van der Waals surface area contributed by atoms with Gasteiger partial charge in [0.1, 0.15) is 0 Å². The minimum atomic E-state index is 0.0105. The van der Waals surface area contributed by atoms with Crippen molar-refractivity contribution in [2.24, 2.45) is 0 Å². The molecular formula is C12H15N. The SMILES string of the molecule is CC(=N)[C@]1(C)CCc2ccccc21. The molecule has 0 spiro atoms. The van der Waals surface area contributed by atoms with Gasteiger partial charge in [0, 0.05) is 11.1 Å². The van der Waals surface area contributed by atoms with Crippen molar-refractivity contribution in [1.29, 1.82) is 5.41 Å². The van der Waals surface area contributed by atoms with E-state index in [4.69, 9.17) is 5.41 Å². The molecule has 1 aromatic carbocycles. The van der Waals surface area contributed by atoms with Crippen LogP contribution >= 0.6 is 0 Å². The van der Waals surface area contributed by atoms with Gasteiger partial charge < -0.3 is 5.41 Å². The van der Waals surface area contributed by atoms with Gasteiger partial charge in [-0.2, -0.15) is 0 Å². The van der Waals surface area contributed by atoms with Gasteiger partial charge in [-0.25, -0.2) is 0 Å². The highest BCUT2D eigenvalue weighted by Gasteiger charge is 2.35. The van der Waals surface area contributed by atoms with Crippen LogP contribution in [0.2, 0.25) is 0 Å². The minimum Gasteiger partial charge on any atom is -0.309 e. The summed E-state index contributed by atoms with van der Waals surface area (Å²) in [5, 5.41) is 7.82. The number of fused-ring (bicyclic) bond motifs is 1. The average Bonchev–Trinajstić information content (AvgIpc) is 2.47. The summed E-state index contributed by atoms with van der Waals surface area (Å²) in [5.41, 5.74) is 3.59. The van der Waals surface area contributed by atoms with E-state index in [-0.39, 0.29) is 5.41 Å². The van der Waals surface area contributed by atoms with Crippen molar-refractivity contribution in [3.05, 3.63) is 35.4 Å². The van der Waals surface area contributed by atoms with Gasteiger partial charge in [-0.1, -0.05) is 31.2 Å². The molecule has 1 atom stereocenters. The Labute approximate surface area is 79.3 Å². The van der Waals surface area contributed by atoms with E-state index in [9.17, 15) is 0 Å². The molecular weight excluding hydrogens is 158 g/mol. The standard InChI is InChI=1S/C12H15N/c1-9(13)12(2)8-7-10-5-3-4-6-11(10)12/h3-6,13H,7-8H2,1-2H3/t12-/m0/s1. The average molecular weight is 173 g/mol. The minimum absolute atomic E-state index is 0.0105. The molecule has 1 nitrogen and oxygen atoms in total. The summed E-state index contributed by atoms with van der Waals surface area (Å²) < 4.78 is 0. The van der Waals surface area contributed by atoms with Crippen LogP contribution in [0.3, 0.4) is 0 Å². The fourth-order valence-electron chi connectivity index (χ4n) is 2.19. The van der Waals surface area contributed by atoms with Crippen molar-refractivity contribution in [2.45, 2.75) is 32.1 Å². The zero-order valence-electron chi connectivity index (χ0n) is 8.22. The zero-order chi connectivity index (χ0) is 9.47. The van der Waals surface area contributed by atoms with Gasteiger partial charge in [-0.05, 0) is 30.9 Å². The largest absolute Gasteiger partial charge is 0.309 e. The van der Waals surface area contributed by atoms with Crippen molar-refractivity contribution in [1.82, 2.24) is 0 Å². The molecule has 0 aliphatic heterocycles. The number of benzene rings is 1. The third kappa shape index (κ3) is 1.11. The van der Waals surface area contributed by atoms with E-state index in [2.05, 4.69) is 31.2 Å². The van der Waals surface area contributed by atoms with E-state index < -0.39 is 0 Å². The Morgan fingerprint density at radius 1 is 1.38 bits per heavy atom. The first-order valence-electron chi connectivity index (χ1n) is 4.78. The van der Waals surface area contributed by atoms with Gasteiger partial charge in [0.15, 0.2) is 0 Å². The molecule has 1 N–H and O–H groups in total. The van der Waals surface area contributed by atoms with Crippen LogP contribution < -0.4 is 0 Å².